The number of nitrogens with two attached hydrogens (primary N) is 1. The molecule has 0 saturated carbocycles. The minimum absolute atomic E-state index is 0.0780. The highest BCUT2D eigenvalue weighted by Crippen LogP contribution is 2.22. The lowest BCUT2D eigenvalue weighted by molar-refractivity contribution is -0.119. The van der Waals surface area contributed by atoms with Gasteiger partial charge in [0.05, 0.1) is 17.1 Å². The minimum Gasteiger partial charge on any atom is -0.327 e. The first-order valence-electron chi connectivity index (χ1n) is 6.42. The number of aryl methyl sites for hydroxylation is 1. The number of rotatable bonds is 3. The van der Waals surface area contributed by atoms with Crippen molar-refractivity contribution in [1.29, 1.82) is 0 Å². The van der Waals surface area contributed by atoms with E-state index in [4.69, 9.17) is 5.73 Å². The van der Waals surface area contributed by atoms with Gasteiger partial charge >= 0.3 is 0 Å². The van der Waals surface area contributed by atoms with Crippen LogP contribution in [-0.4, -0.2) is 16.9 Å². The van der Waals surface area contributed by atoms with Crippen molar-refractivity contribution >= 4 is 22.5 Å². The van der Waals surface area contributed by atoms with Gasteiger partial charge in [-0.2, -0.15) is 0 Å². The highest BCUT2D eigenvalue weighted by atomic mass is 16.1. The van der Waals surface area contributed by atoms with E-state index in [2.05, 4.69) is 10.3 Å². The second-order valence-corrected chi connectivity index (χ2v) is 4.97. The van der Waals surface area contributed by atoms with Crippen LogP contribution in [0.5, 0.6) is 0 Å². The average Bonchev–Trinajstić information content (AvgIpc) is 2.38. The zero-order valence-electron chi connectivity index (χ0n) is 11.5. The molecule has 1 amide bonds. The maximum absolute atomic E-state index is 12.1. The molecule has 2 unspecified atom stereocenters. The lowest BCUT2D eigenvalue weighted by Crippen LogP contribution is -2.34. The molecule has 3 N–H and O–H groups in total. The Morgan fingerprint density at radius 2 is 2.00 bits per heavy atom. The standard InChI is InChI=1S/C15H19N3O/c1-9-7-8-12-5-4-6-13(14(12)17-9)18-15(19)10(2)11(3)16/h4-8,10-11H,16H2,1-3H3,(H,18,19). The Balaban J connectivity index is 2.35. The molecule has 0 radical (unpaired) electrons. The fourth-order valence-corrected chi connectivity index (χ4v) is 1.83. The average molecular weight is 257 g/mol. The molecule has 0 fully saturated rings. The first-order valence-corrected chi connectivity index (χ1v) is 6.42. The molecule has 19 heavy (non-hydrogen) atoms. The number of carbonyl (C=O) groups excluding carboxylic acids is 1. The number of hydrogen-bond acceptors (Lipinski definition) is 3. The van der Waals surface area contributed by atoms with Crippen LogP contribution in [-0.2, 0) is 4.79 Å². The number of carbonyl (C=O) groups is 1. The van der Waals surface area contributed by atoms with Crippen molar-refractivity contribution in [3.63, 3.8) is 0 Å². The fourth-order valence-electron chi connectivity index (χ4n) is 1.83. The molecule has 4 nitrogen and oxygen atoms in total. The van der Waals surface area contributed by atoms with Crippen LogP contribution >= 0.6 is 0 Å². The molecule has 2 aromatic rings. The van der Waals surface area contributed by atoms with Gasteiger partial charge in [-0.05, 0) is 26.0 Å². The van der Waals surface area contributed by atoms with E-state index in [1.165, 1.54) is 0 Å². The van der Waals surface area contributed by atoms with E-state index in [0.29, 0.717) is 0 Å². The summed E-state index contributed by atoms with van der Waals surface area (Å²) in [6.07, 6.45) is 0. The van der Waals surface area contributed by atoms with Gasteiger partial charge in [0.15, 0.2) is 0 Å². The number of para-hydroxylation sites is 1. The lowest BCUT2D eigenvalue weighted by atomic mass is 10.0. The Morgan fingerprint density at radius 1 is 1.26 bits per heavy atom. The fraction of sp³-hybridized carbons (Fsp3) is 0.333. The summed E-state index contributed by atoms with van der Waals surface area (Å²) >= 11 is 0. The monoisotopic (exact) mass is 257 g/mol. The summed E-state index contributed by atoms with van der Waals surface area (Å²) in [5, 5.41) is 3.92. The van der Waals surface area contributed by atoms with Gasteiger partial charge in [0.2, 0.25) is 5.91 Å². The molecule has 2 atom stereocenters. The SMILES string of the molecule is Cc1ccc2cccc(NC(=O)C(C)C(C)N)c2n1. The first kappa shape index (κ1) is 13.5. The van der Waals surface area contributed by atoms with Crippen molar-refractivity contribution in [3.8, 4) is 0 Å². The summed E-state index contributed by atoms with van der Waals surface area (Å²) in [5.41, 5.74) is 8.22. The number of anilines is 1. The van der Waals surface area contributed by atoms with Gasteiger partial charge < -0.3 is 11.1 Å². The molecule has 4 heteroatoms. The quantitative estimate of drug-likeness (QED) is 0.887. The van der Waals surface area contributed by atoms with Crippen molar-refractivity contribution in [2.75, 3.05) is 5.32 Å². The molecule has 0 saturated heterocycles. The second-order valence-electron chi connectivity index (χ2n) is 4.97. The van der Waals surface area contributed by atoms with E-state index >= 15 is 0 Å². The van der Waals surface area contributed by atoms with E-state index in [1.807, 2.05) is 51.1 Å². The number of fused-ring (bicyclic) bond motifs is 1. The second kappa shape index (κ2) is 5.36. The molecule has 1 heterocycles. The number of amides is 1. The molecule has 2 rings (SSSR count). The summed E-state index contributed by atoms with van der Waals surface area (Å²) in [6, 6.07) is 9.53. The highest BCUT2D eigenvalue weighted by molar-refractivity contribution is 6.01. The summed E-state index contributed by atoms with van der Waals surface area (Å²) in [5.74, 6) is -0.314. The summed E-state index contributed by atoms with van der Waals surface area (Å²) < 4.78 is 0. The molecule has 0 bridgehead atoms. The van der Waals surface area contributed by atoms with Crippen LogP contribution in [0.15, 0.2) is 30.3 Å². The number of pyridine rings is 1. The molecular formula is C15H19N3O. The van der Waals surface area contributed by atoms with Crippen molar-refractivity contribution in [2.45, 2.75) is 26.8 Å². The maximum atomic E-state index is 12.1. The number of aromatic nitrogens is 1. The number of hydrogen-bond donors (Lipinski definition) is 2. The molecule has 1 aromatic carbocycles. The maximum Gasteiger partial charge on any atom is 0.228 e. The molecule has 0 aliphatic heterocycles. The third-order valence-electron chi connectivity index (χ3n) is 3.32. The van der Waals surface area contributed by atoms with Crippen LogP contribution in [0.3, 0.4) is 0 Å². The Morgan fingerprint density at radius 3 is 2.68 bits per heavy atom. The molecule has 0 aliphatic rings. The summed E-state index contributed by atoms with van der Waals surface area (Å²) in [6.45, 7) is 5.59. The van der Waals surface area contributed by atoms with Crippen LogP contribution in [0.4, 0.5) is 5.69 Å². The van der Waals surface area contributed by atoms with Gasteiger partial charge in [-0.15, -0.1) is 0 Å². The molecule has 0 spiro atoms. The van der Waals surface area contributed by atoms with Crippen LogP contribution in [0.25, 0.3) is 10.9 Å². The van der Waals surface area contributed by atoms with Gasteiger partial charge in [-0.25, -0.2) is 0 Å². The van der Waals surface area contributed by atoms with E-state index in [0.717, 1.165) is 22.3 Å². The van der Waals surface area contributed by atoms with E-state index in [-0.39, 0.29) is 17.9 Å². The third kappa shape index (κ3) is 2.90. The minimum atomic E-state index is -0.236. The van der Waals surface area contributed by atoms with E-state index < -0.39 is 0 Å². The van der Waals surface area contributed by atoms with Crippen molar-refractivity contribution in [1.82, 2.24) is 4.98 Å². The summed E-state index contributed by atoms with van der Waals surface area (Å²) in [7, 11) is 0. The largest absolute Gasteiger partial charge is 0.327 e. The molecule has 100 valence electrons. The number of benzene rings is 1. The van der Waals surface area contributed by atoms with Crippen LogP contribution in [0.2, 0.25) is 0 Å². The predicted octanol–water partition coefficient (Wildman–Crippen LogP) is 2.47. The number of nitrogens with one attached hydrogen (secondary N) is 1. The van der Waals surface area contributed by atoms with Gasteiger partial charge in [0, 0.05) is 17.1 Å². The van der Waals surface area contributed by atoms with Gasteiger partial charge in [0.25, 0.3) is 0 Å². The Bertz CT molecular complexity index is 607. The van der Waals surface area contributed by atoms with Gasteiger partial charge in [-0.3, -0.25) is 9.78 Å². The molecule has 0 aliphatic carbocycles. The molecular weight excluding hydrogens is 238 g/mol. The first-order chi connectivity index (χ1) is 8.99. The van der Waals surface area contributed by atoms with Crippen molar-refractivity contribution in [3.05, 3.63) is 36.0 Å². The number of nitrogens with zero attached hydrogens (tertiary/aromatic N) is 1. The summed E-state index contributed by atoms with van der Waals surface area (Å²) in [4.78, 5) is 16.6. The van der Waals surface area contributed by atoms with E-state index in [1.54, 1.807) is 0 Å². The topological polar surface area (TPSA) is 68.0 Å². The van der Waals surface area contributed by atoms with Crippen molar-refractivity contribution < 1.29 is 4.79 Å². The smallest absolute Gasteiger partial charge is 0.228 e. The van der Waals surface area contributed by atoms with Gasteiger partial charge in [0.1, 0.15) is 0 Å². The van der Waals surface area contributed by atoms with Crippen LogP contribution in [0, 0.1) is 12.8 Å². The Hall–Kier alpha value is -1.94. The zero-order chi connectivity index (χ0) is 14.0. The van der Waals surface area contributed by atoms with Crippen LogP contribution in [0.1, 0.15) is 19.5 Å². The van der Waals surface area contributed by atoms with Gasteiger partial charge in [-0.1, -0.05) is 25.1 Å². The van der Waals surface area contributed by atoms with Crippen molar-refractivity contribution in [2.24, 2.45) is 11.7 Å². The molecule has 1 aromatic heterocycles. The lowest BCUT2D eigenvalue weighted by Gasteiger charge is -2.16. The Kier molecular flexibility index (Phi) is 3.81. The highest BCUT2D eigenvalue weighted by Gasteiger charge is 2.17. The van der Waals surface area contributed by atoms with Crippen LogP contribution < -0.4 is 11.1 Å². The van der Waals surface area contributed by atoms with E-state index in [9.17, 15) is 4.79 Å². The Labute approximate surface area is 113 Å². The predicted molar refractivity (Wildman–Crippen MR) is 77.9 cm³/mol. The third-order valence-corrected chi connectivity index (χ3v) is 3.32. The normalized spacial score (nSPS) is 14.1. The zero-order valence-corrected chi connectivity index (χ0v) is 11.5.